The fraction of sp³-hybridized carbons (Fsp3) is 0.267. The summed E-state index contributed by atoms with van der Waals surface area (Å²) in [6.07, 6.45) is 0.762. The van der Waals surface area contributed by atoms with Gasteiger partial charge >= 0.3 is 0 Å². The van der Waals surface area contributed by atoms with Gasteiger partial charge in [0.25, 0.3) is 5.56 Å². The first-order valence-corrected chi connectivity index (χ1v) is 7.13. The molecule has 0 bridgehead atoms. The van der Waals surface area contributed by atoms with Crippen molar-refractivity contribution < 1.29 is 0 Å². The van der Waals surface area contributed by atoms with Crippen molar-refractivity contribution in [3.8, 4) is 6.07 Å². The molecule has 0 saturated heterocycles. The summed E-state index contributed by atoms with van der Waals surface area (Å²) in [6.45, 7) is 2.07. The van der Waals surface area contributed by atoms with Gasteiger partial charge in [0.2, 0.25) is 0 Å². The maximum absolute atomic E-state index is 12.0. The predicted molar refractivity (Wildman–Crippen MR) is 81.2 cm³/mol. The van der Waals surface area contributed by atoms with E-state index in [1.54, 1.807) is 0 Å². The average Bonchev–Trinajstić information content (AvgIpc) is 2.48. The van der Waals surface area contributed by atoms with E-state index in [-0.39, 0.29) is 5.56 Å². The van der Waals surface area contributed by atoms with Crippen molar-refractivity contribution in [3.05, 3.63) is 61.8 Å². The second kappa shape index (κ2) is 5.64. The zero-order valence-corrected chi connectivity index (χ0v) is 12.2. The Kier molecular flexibility index (Phi) is 3.69. The summed E-state index contributed by atoms with van der Waals surface area (Å²) < 4.78 is 0.377. The molecule has 21 heavy (non-hydrogen) atoms. The molecule has 2 aromatic rings. The van der Waals surface area contributed by atoms with Gasteiger partial charge < -0.3 is 4.98 Å². The highest BCUT2D eigenvalue weighted by Gasteiger charge is 2.20. The van der Waals surface area contributed by atoms with Crippen molar-refractivity contribution in [1.82, 2.24) is 14.9 Å². The second-order valence-electron chi connectivity index (χ2n) is 5.09. The van der Waals surface area contributed by atoms with E-state index in [0.717, 1.165) is 29.8 Å². The summed E-state index contributed by atoms with van der Waals surface area (Å²) >= 11 is 4.99. The van der Waals surface area contributed by atoms with Crippen LogP contribution >= 0.6 is 12.2 Å². The van der Waals surface area contributed by atoms with Gasteiger partial charge in [0.15, 0.2) is 4.77 Å². The van der Waals surface area contributed by atoms with Gasteiger partial charge in [0, 0.05) is 31.7 Å². The molecule has 3 rings (SSSR count). The molecule has 1 aromatic carbocycles. The van der Waals surface area contributed by atoms with Crippen LogP contribution in [0.2, 0.25) is 0 Å². The van der Waals surface area contributed by atoms with Crippen molar-refractivity contribution in [2.75, 3.05) is 6.54 Å². The average molecular weight is 298 g/mol. The summed E-state index contributed by atoms with van der Waals surface area (Å²) in [5.74, 6) is 0. The minimum Gasteiger partial charge on any atom is -0.335 e. The van der Waals surface area contributed by atoms with Crippen molar-refractivity contribution in [2.45, 2.75) is 19.5 Å². The lowest BCUT2D eigenvalue weighted by atomic mass is 10.0. The molecule has 0 amide bonds. The molecule has 1 aliphatic rings. The highest BCUT2D eigenvalue weighted by Crippen LogP contribution is 2.17. The quantitative estimate of drug-likeness (QED) is 0.830. The Hall–Kier alpha value is -2.23. The number of fused-ring (bicyclic) bond motifs is 1. The number of nitriles is 1. The van der Waals surface area contributed by atoms with Crippen molar-refractivity contribution in [3.63, 3.8) is 0 Å². The Bertz CT molecular complexity index is 831. The maximum Gasteiger partial charge on any atom is 0.256 e. The van der Waals surface area contributed by atoms with Crippen LogP contribution in [-0.4, -0.2) is 21.4 Å². The first kappa shape index (κ1) is 13.7. The van der Waals surface area contributed by atoms with E-state index in [0.29, 0.717) is 23.4 Å². The van der Waals surface area contributed by atoms with Crippen molar-refractivity contribution in [2.24, 2.45) is 0 Å². The molecule has 106 valence electrons. The normalized spacial score (nSPS) is 14.4. The topological polar surface area (TPSA) is 75.7 Å². The molecule has 2 N–H and O–H groups in total. The second-order valence-corrected chi connectivity index (χ2v) is 5.50. The maximum atomic E-state index is 12.0. The molecule has 6 heteroatoms. The standard InChI is InChI=1S/C15H14N4OS/c16-7-10-3-1-2-4-11(10)8-19-6-5-13-12(9-19)14(20)18-15(21)17-13/h1-4H,5-6,8-9H2,(H2,17,18,20,21). The minimum atomic E-state index is -0.119. The van der Waals surface area contributed by atoms with Gasteiger partial charge in [0.1, 0.15) is 0 Å². The third-order valence-corrected chi connectivity index (χ3v) is 3.93. The molecule has 0 saturated carbocycles. The minimum absolute atomic E-state index is 0.119. The molecule has 0 radical (unpaired) electrons. The third-order valence-electron chi connectivity index (χ3n) is 3.72. The monoisotopic (exact) mass is 298 g/mol. The number of aromatic amines is 2. The molecule has 1 aromatic heterocycles. The Balaban J connectivity index is 1.86. The van der Waals surface area contributed by atoms with E-state index in [1.165, 1.54) is 0 Å². The molecule has 1 aliphatic heterocycles. The van der Waals surface area contributed by atoms with Gasteiger partial charge in [-0.1, -0.05) is 18.2 Å². The summed E-state index contributed by atoms with van der Waals surface area (Å²) in [5, 5.41) is 9.14. The first-order chi connectivity index (χ1) is 10.2. The van der Waals surface area contributed by atoms with Gasteiger partial charge in [0.05, 0.1) is 17.2 Å². The van der Waals surface area contributed by atoms with E-state index >= 15 is 0 Å². The van der Waals surface area contributed by atoms with Crippen LogP contribution in [0.5, 0.6) is 0 Å². The Morgan fingerprint density at radius 1 is 1.33 bits per heavy atom. The van der Waals surface area contributed by atoms with E-state index in [1.807, 2.05) is 24.3 Å². The predicted octanol–water partition coefficient (Wildman–Crippen LogP) is 1.86. The molecule has 0 spiro atoms. The van der Waals surface area contributed by atoms with Crippen molar-refractivity contribution >= 4 is 12.2 Å². The van der Waals surface area contributed by atoms with Crippen LogP contribution in [0, 0.1) is 16.1 Å². The lowest BCUT2D eigenvalue weighted by molar-refractivity contribution is 0.241. The van der Waals surface area contributed by atoms with Gasteiger partial charge in [-0.05, 0) is 23.8 Å². The molecular formula is C15H14N4OS. The van der Waals surface area contributed by atoms with Crippen LogP contribution in [0.15, 0.2) is 29.1 Å². The Morgan fingerprint density at radius 2 is 2.14 bits per heavy atom. The van der Waals surface area contributed by atoms with Gasteiger partial charge in [-0.25, -0.2) is 0 Å². The Morgan fingerprint density at radius 3 is 2.95 bits per heavy atom. The number of rotatable bonds is 2. The molecule has 0 aliphatic carbocycles. The summed E-state index contributed by atoms with van der Waals surface area (Å²) in [7, 11) is 0. The van der Waals surface area contributed by atoms with Crippen LogP contribution in [0.4, 0.5) is 0 Å². The van der Waals surface area contributed by atoms with E-state index in [9.17, 15) is 4.79 Å². The highest BCUT2D eigenvalue weighted by molar-refractivity contribution is 7.71. The number of nitrogens with one attached hydrogen (secondary N) is 2. The lowest BCUT2D eigenvalue weighted by Crippen LogP contribution is -2.35. The smallest absolute Gasteiger partial charge is 0.256 e. The SMILES string of the molecule is N#Cc1ccccc1CN1CCc2[nH]c(=S)[nH]c(=O)c2C1. The fourth-order valence-corrected chi connectivity index (χ4v) is 2.87. The molecule has 0 unspecified atom stereocenters. The van der Waals surface area contributed by atoms with Crippen LogP contribution in [0.1, 0.15) is 22.4 Å². The zero-order valence-electron chi connectivity index (χ0n) is 11.3. The largest absolute Gasteiger partial charge is 0.335 e. The number of benzene rings is 1. The molecular weight excluding hydrogens is 284 g/mol. The van der Waals surface area contributed by atoms with E-state index in [4.69, 9.17) is 17.5 Å². The van der Waals surface area contributed by atoms with Crippen LogP contribution in [-0.2, 0) is 19.5 Å². The van der Waals surface area contributed by atoms with E-state index < -0.39 is 0 Å². The number of aromatic nitrogens is 2. The fourth-order valence-electron chi connectivity index (χ4n) is 2.66. The molecule has 0 fully saturated rings. The number of hydrogen-bond donors (Lipinski definition) is 2. The summed E-state index contributed by atoms with van der Waals surface area (Å²) in [5.41, 5.74) is 3.22. The van der Waals surface area contributed by atoms with Gasteiger partial charge in [-0.15, -0.1) is 0 Å². The number of nitrogens with zero attached hydrogens (tertiary/aromatic N) is 2. The van der Waals surface area contributed by atoms with Gasteiger partial charge in [-0.2, -0.15) is 5.26 Å². The molecule has 5 nitrogen and oxygen atoms in total. The van der Waals surface area contributed by atoms with Crippen LogP contribution < -0.4 is 5.56 Å². The van der Waals surface area contributed by atoms with E-state index in [2.05, 4.69) is 20.9 Å². The van der Waals surface area contributed by atoms with Crippen molar-refractivity contribution in [1.29, 1.82) is 5.26 Å². The lowest BCUT2D eigenvalue weighted by Gasteiger charge is -2.28. The summed E-state index contributed by atoms with van der Waals surface area (Å²) in [4.78, 5) is 19.8. The third kappa shape index (κ3) is 2.79. The first-order valence-electron chi connectivity index (χ1n) is 6.72. The Labute approximate surface area is 126 Å². The van der Waals surface area contributed by atoms with Crippen LogP contribution in [0.25, 0.3) is 0 Å². The van der Waals surface area contributed by atoms with Gasteiger partial charge in [-0.3, -0.25) is 14.7 Å². The summed E-state index contributed by atoms with van der Waals surface area (Å²) in [6, 6.07) is 9.77. The number of H-pyrrole nitrogens is 2. The van der Waals surface area contributed by atoms with Crippen LogP contribution in [0.3, 0.4) is 0 Å². The number of hydrogen-bond acceptors (Lipinski definition) is 4. The highest BCUT2D eigenvalue weighted by atomic mass is 32.1. The molecule has 0 atom stereocenters. The molecule has 2 heterocycles. The zero-order chi connectivity index (χ0) is 14.8.